The zero-order valence-electron chi connectivity index (χ0n) is 25.2. The van der Waals surface area contributed by atoms with Crippen molar-refractivity contribution in [1.29, 1.82) is 0 Å². The zero-order valence-corrected chi connectivity index (χ0v) is 25.2. The molecule has 0 saturated carbocycles. The molecule has 4 heterocycles. The molecule has 1 aliphatic rings. The molecule has 5 aromatic rings. The molecule has 9 heteroatoms. The van der Waals surface area contributed by atoms with Crippen LogP contribution in [0, 0.1) is 5.92 Å². The lowest BCUT2D eigenvalue weighted by molar-refractivity contribution is -0.116. The van der Waals surface area contributed by atoms with Gasteiger partial charge < -0.3 is 15.1 Å². The molecule has 1 aliphatic heterocycles. The minimum absolute atomic E-state index is 0.00452. The molecule has 1 N–H and O–H groups in total. The highest BCUT2D eigenvalue weighted by molar-refractivity contribution is 5.96. The van der Waals surface area contributed by atoms with Gasteiger partial charge >= 0.3 is 0 Å². The molecule has 3 aromatic heterocycles. The molecule has 0 unspecified atom stereocenters. The number of pyridine rings is 1. The third kappa shape index (κ3) is 6.68. The number of nitrogens with zero attached hydrogens (tertiary/aromatic N) is 6. The van der Waals surface area contributed by atoms with Crippen molar-refractivity contribution >= 4 is 23.0 Å². The van der Waals surface area contributed by atoms with E-state index in [2.05, 4.69) is 33.4 Å². The van der Waals surface area contributed by atoms with E-state index in [-0.39, 0.29) is 17.7 Å². The van der Waals surface area contributed by atoms with Gasteiger partial charge in [-0.05, 0) is 81.9 Å². The molecular formula is C35H37N7O2. The second-order valence-corrected chi connectivity index (χ2v) is 11.6. The average molecular weight is 588 g/mol. The lowest BCUT2D eigenvalue weighted by Gasteiger charge is -2.17. The topological polar surface area (TPSA) is 95.7 Å². The average Bonchev–Trinajstić information content (AvgIpc) is 3.66. The number of aromatic nitrogens is 4. The Morgan fingerprint density at radius 3 is 2.57 bits per heavy atom. The van der Waals surface area contributed by atoms with Gasteiger partial charge in [0.15, 0.2) is 0 Å². The number of carbonyl (C=O) groups excluding carboxylic acids is 2. The summed E-state index contributed by atoms with van der Waals surface area (Å²) in [6.45, 7) is 2.22. The minimum Gasteiger partial charge on any atom is -0.338 e. The van der Waals surface area contributed by atoms with Crippen LogP contribution in [0.4, 0.5) is 5.69 Å². The Morgan fingerprint density at radius 1 is 0.977 bits per heavy atom. The molecule has 6 rings (SSSR count). The fourth-order valence-electron chi connectivity index (χ4n) is 5.79. The summed E-state index contributed by atoms with van der Waals surface area (Å²) in [5, 5.41) is 7.80. The van der Waals surface area contributed by atoms with Gasteiger partial charge in [0.2, 0.25) is 5.91 Å². The molecule has 44 heavy (non-hydrogen) atoms. The van der Waals surface area contributed by atoms with E-state index in [1.54, 1.807) is 24.3 Å². The van der Waals surface area contributed by atoms with Crippen molar-refractivity contribution in [1.82, 2.24) is 29.4 Å². The second-order valence-electron chi connectivity index (χ2n) is 11.6. The minimum atomic E-state index is -0.0162. The lowest BCUT2D eigenvalue weighted by Crippen LogP contribution is -2.29. The standard InChI is InChI=1S/C35H37N7O2/c1-40(2)20-8-12-32(43)37-28-15-13-27(14-16-28)35(44)41-22-18-25(24-41)23-31-36-19-17-29(38-31)33-30-11-6-7-21-42(30)39-34(33)26-9-4-3-5-10-26/h3-7,9-11,13-17,19,21,25H,8,12,18,20,22-24H2,1-2H3,(H,37,43)/t25-/m0/s1. The highest BCUT2D eigenvalue weighted by atomic mass is 16.2. The molecule has 224 valence electrons. The van der Waals surface area contributed by atoms with E-state index in [0.717, 1.165) is 53.2 Å². The van der Waals surface area contributed by atoms with Crippen molar-refractivity contribution in [2.24, 2.45) is 5.92 Å². The molecule has 1 saturated heterocycles. The van der Waals surface area contributed by atoms with Gasteiger partial charge in [0.1, 0.15) is 11.5 Å². The molecule has 0 bridgehead atoms. The highest BCUT2D eigenvalue weighted by Gasteiger charge is 2.28. The number of nitrogens with one attached hydrogen (secondary N) is 1. The van der Waals surface area contributed by atoms with Gasteiger partial charge in [0, 0.05) is 55.1 Å². The number of likely N-dealkylation sites (tertiary alicyclic amines) is 1. The first-order valence-corrected chi connectivity index (χ1v) is 15.1. The van der Waals surface area contributed by atoms with Gasteiger partial charge in [0.05, 0.1) is 16.8 Å². The predicted molar refractivity (Wildman–Crippen MR) is 172 cm³/mol. The number of fused-ring (bicyclic) bond motifs is 1. The van der Waals surface area contributed by atoms with Crippen molar-refractivity contribution in [3.8, 4) is 22.5 Å². The van der Waals surface area contributed by atoms with Gasteiger partial charge in [-0.15, -0.1) is 0 Å². The maximum atomic E-state index is 13.3. The third-order valence-electron chi connectivity index (χ3n) is 8.02. The summed E-state index contributed by atoms with van der Waals surface area (Å²) in [6, 6.07) is 25.3. The number of anilines is 1. The van der Waals surface area contributed by atoms with Crippen molar-refractivity contribution in [2.75, 3.05) is 39.0 Å². The Morgan fingerprint density at radius 2 is 1.77 bits per heavy atom. The first-order chi connectivity index (χ1) is 21.4. The monoisotopic (exact) mass is 587 g/mol. The first-order valence-electron chi connectivity index (χ1n) is 15.1. The highest BCUT2D eigenvalue weighted by Crippen LogP contribution is 2.34. The Balaban J connectivity index is 1.11. The second kappa shape index (κ2) is 13.2. The summed E-state index contributed by atoms with van der Waals surface area (Å²) < 4.78 is 1.90. The number of hydrogen-bond acceptors (Lipinski definition) is 6. The molecular weight excluding hydrogens is 550 g/mol. The molecule has 2 amide bonds. The quantitative estimate of drug-likeness (QED) is 0.234. The largest absolute Gasteiger partial charge is 0.338 e. The van der Waals surface area contributed by atoms with E-state index in [1.807, 2.05) is 72.3 Å². The van der Waals surface area contributed by atoms with Crippen molar-refractivity contribution in [2.45, 2.75) is 25.7 Å². The van der Waals surface area contributed by atoms with Gasteiger partial charge in [-0.3, -0.25) is 9.59 Å². The first kappa shape index (κ1) is 29.2. The predicted octanol–water partition coefficient (Wildman–Crippen LogP) is 5.44. The van der Waals surface area contributed by atoms with E-state index in [4.69, 9.17) is 10.1 Å². The Kier molecular flexibility index (Phi) is 8.74. The summed E-state index contributed by atoms with van der Waals surface area (Å²) >= 11 is 0. The summed E-state index contributed by atoms with van der Waals surface area (Å²) in [5.41, 5.74) is 6.05. The van der Waals surface area contributed by atoms with E-state index in [9.17, 15) is 9.59 Å². The maximum absolute atomic E-state index is 13.3. The van der Waals surface area contributed by atoms with E-state index >= 15 is 0 Å². The lowest BCUT2D eigenvalue weighted by atomic mass is 10.0. The van der Waals surface area contributed by atoms with Crippen molar-refractivity contribution in [3.05, 3.63) is 103 Å². The molecule has 1 fully saturated rings. The van der Waals surface area contributed by atoms with Gasteiger partial charge in [0.25, 0.3) is 5.91 Å². The van der Waals surface area contributed by atoms with Crippen LogP contribution in [0.15, 0.2) is 91.3 Å². The van der Waals surface area contributed by atoms with Crippen LogP contribution in [0.3, 0.4) is 0 Å². The van der Waals surface area contributed by atoms with Crippen LogP contribution in [0.2, 0.25) is 0 Å². The maximum Gasteiger partial charge on any atom is 0.253 e. The van der Waals surface area contributed by atoms with Gasteiger partial charge in [-0.1, -0.05) is 36.4 Å². The summed E-state index contributed by atoms with van der Waals surface area (Å²) in [7, 11) is 3.99. The number of carbonyl (C=O) groups is 2. The third-order valence-corrected chi connectivity index (χ3v) is 8.02. The number of hydrogen-bond donors (Lipinski definition) is 1. The normalized spacial score (nSPS) is 14.8. The number of rotatable bonds is 10. The van der Waals surface area contributed by atoms with Crippen LogP contribution in [-0.4, -0.2) is 74.9 Å². The molecule has 0 spiro atoms. The Labute approximate surface area is 257 Å². The summed E-state index contributed by atoms with van der Waals surface area (Å²) in [6.07, 6.45) is 6.63. The van der Waals surface area contributed by atoms with Gasteiger partial charge in [-0.2, -0.15) is 5.10 Å². The zero-order chi connectivity index (χ0) is 30.5. The van der Waals surface area contributed by atoms with Crippen molar-refractivity contribution in [3.63, 3.8) is 0 Å². The number of amides is 2. The fourth-order valence-corrected chi connectivity index (χ4v) is 5.79. The molecule has 0 radical (unpaired) electrons. The smallest absolute Gasteiger partial charge is 0.253 e. The van der Waals surface area contributed by atoms with E-state index < -0.39 is 0 Å². The van der Waals surface area contributed by atoms with Crippen LogP contribution in [0.1, 0.15) is 35.4 Å². The van der Waals surface area contributed by atoms with Crippen LogP contribution in [0.25, 0.3) is 28.0 Å². The molecule has 1 atom stereocenters. The number of benzene rings is 2. The van der Waals surface area contributed by atoms with E-state index in [0.29, 0.717) is 37.2 Å². The Hall–Kier alpha value is -4.89. The molecule has 9 nitrogen and oxygen atoms in total. The van der Waals surface area contributed by atoms with Crippen LogP contribution < -0.4 is 5.32 Å². The van der Waals surface area contributed by atoms with Gasteiger partial charge in [-0.25, -0.2) is 14.5 Å². The Bertz CT molecular complexity index is 1750. The molecule has 0 aliphatic carbocycles. The summed E-state index contributed by atoms with van der Waals surface area (Å²) in [5.74, 6) is 1.02. The van der Waals surface area contributed by atoms with Crippen molar-refractivity contribution < 1.29 is 9.59 Å². The van der Waals surface area contributed by atoms with E-state index in [1.165, 1.54) is 0 Å². The molecule has 2 aromatic carbocycles. The van der Waals surface area contributed by atoms with Crippen LogP contribution in [0.5, 0.6) is 0 Å². The summed E-state index contributed by atoms with van der Waals surface area (Å²) in [4.78, 5) is 39.1. The SMILES string of the molecule is CN(C)CCCC(=O)Nc1ccc(C(=O)N2CC[C@@H](Cc3nccc(-c4c(-c5ccccc5)nn5ccccc45)n3)C2)cc1. The van der Waals surface area contributed by atoms with Crippen LogP contribution in [-0.2, 0) is 11.2 Å². The van der Waals surface area contributed by atoms with Crippen LogP contribution >= 0.6 is 0 Å². The fraction of sp³-hybridized carbons (Fsp3) is 0.286.